The number of thiophene rings is 1. The summed E-state index contributed by atoms with van der Waals surface area (Å²) in [6.45, 7) is 0. The van der Waals surface area contributed by atoms with E-state index in [0.29, 0.717) is 37.4 Å². The minimum Gasteiger partial charge on any atom is -0.383 e. The zero-order chi connectivity index (χ0) is 23.3. The molecule has 0 bridgehead atoms. The van der Waals surface area contributed by atoms with Gasteiger partial charge in [0.2, 0.25) is 0 Å². The molecule has 5 aromatic rings. The van der Waals surface area contributed by atoms with E-state index in [1.807, 2.05) is 42.5 Å². The number of halogens is 2. The molecule has 33 heavy (non-hydrogen) atoms. The maximum Gasteiger partial charge on any atom is 0.143 e. The van der Waals surface area contributed by atoms with E-state index >= 15 is 0 Å². The highest BCUT2D eigenvalue weighted by Crippen LogP contribution is 2.47. The molecular weight excluding hydrogens is 520 g/mol. The average Bonchev–Trinajstić information content (AvgIpc) is 3.15. The van der Waals surface area contributed by atoms with Crippen molar-refractivity contribution in [2.45, 2.75) is 0 Å². The number of pyridine rings is 2. The fraction of sp³-hybridized carbons (Fsp3) is 0. The molecule has 6 nitrogen and oxygen atoms in total. The van der Waals surface area contributed by atoms with Crippen LogP contribution in [0.25, 0.3) is 42.7 Å². The molecule has 5 rings (SSSR count). The van der Waals surface area contributed by atoms with Gasteiger partial charge in [-0.3, -0.25) is 0 Å². The van der Waals surface area contributed by atoms with Crippen LogP contribution in [0.4, 0.5) is 11.6 Å². The third kappa shape index (κ3) is 3.28. The second-order valence-electron chi connectivity index (χ2n) is 7.16. The number of hydrogen-bond donors (Lipinski definition) is 2. The van der Waals surface area contributed by atoms with E-state index in [2.05, 4.69) is 38.0 Å². The number of nitrogens with two attached hydrogens (primary N) is 2. The highest BCUT2D eigenvalue weighted by Gasteiger charge is 2.25. The number of fused-ring (bicyclic) bond motifs is 3. The molecule has 0 saturated carbocycles. The van der Waals surface area contributed by atoms with Gasteiger partial charge in [0, 0.05) is 31.6 Å². The molecule has 4 N–H and O–H groups in total. The lowest BCUT2D eigenvalue weighted by Crippen LogP contribution is -2.00. The van der Waals surface area contributed by atoms with E-state index in [9.17, 15) is 10.5 Å². The first-order valence-electron chi connectivity index (χ1n) is 9.60. The van der Waals surface area contributed by atoms with Gasteiger partial charge in [-0.25, -0.2) is 9.97 Å². The summed E-state index contributed by atoms with van der Waals surface area (Å²) < 4.78 is 1.64. The summed E-state index contributed by atoms with van der Waals surface area (Å²) in [5, 5.41) is 20.9. The summed E-state index contributed by atoms with van der Waals surface area (Å²) in [7, 11) is 0. The molecule has 0 fully saturated rings. The first-order chi connectivity index (χ1) is 15.9. The molecule has 2 aromatic carbocycles. The lowest BCUT2D eigenvalue weighted by molar-refractivity contribution is 1.38. The molecule has 158 valence electrons. The molecular formula is C24H12BrClN6S. The Hall–Kier alpha value is -3.69. The highest BCUT2D eigenvalue weighted by molar-refractivity contribution is 9.10. The minimum absolute atomic E-state index is 0.100. The van der Waals surface area contributed by atoms with E-state index < -0.39 is 0 Å². The number of nitriles is 2. The van der Waals surface area contributed by atoms with Crippen molar-refractivity contribution < 1.29 is 0 Å². The van der Waals surface area contributed by atoms with Crippen molar-refractivity contribution in [3.05, 3.63) is 69.2 Å². The predicted molar refractivity (Wildman–Crippen MR) is 137 cm³/mol. The summed E-state index contributed by atoms with van der Waals surface area (Å²) in [6, 6.07) is 19.2. The highest BCUT2D eigenvalue weighted by atomic mass is 79.9. The Morgan fingerprint density at radius 3 is 2.18 bits per heavy atom. The van der Waals surface area contributed by atoms with Crippen LogP contribution in [0, 0.1) is 22.7 Å². The molecule has 0 amide bonds. The molecule has 0 aliphatic rings. The number of nitrogens with zero attached hydrogens (tertiary/aromatic N) is 4. The van der Waals surface area contributed by atoms with Crippen LogP contribution in [-0.4, -0.2) is 9.97 Å². The summed E-state index contributed by atoms with van der Waals surface area (Å²) >= 11 is 11.3. The van der Waals surface area contributed by atoms with E-state index in [1.54, 1.807) is 6.07 Å². The molecule has 0 aliphatic carbocycles. The number of hydrogen-bond acceptors (Lipinski definition) is 7. The predicted octanol–water partition coefficient (Wildman–Crippen LogP) is 6.50. The SMILES string of the molecule is N#Cc1c(N)nc2c(sc3nc(N)c(C#N)c(-c4ccccc4Cl)c32)c1-c1ccc(Br)cc1. The largest absolute Gasteiger partial charge is 0.383 e. The summed E-state index contributed by atoms with van der Waals surface area (Å²) in [5.41, 5.74) is 16.2. The van der Waals surface area contributed by atoms with Crippen LogP contribution in [0.3, 0.4) is 0 Å². The lowest BCUT2D eigenvalue weighted by atomic mass is 9.95. The fourth-order valence-electron chi connectivity index (χ4n) is 3.88. The summed E-state index contributed by atoms with van der Waals surface area (Å²) in [6.07, 6.45) is 0. The van der Waals surface area contributed by atoms with Gasteiger partial charge in [0.15, 0.2) is 0 Å². The Bertz CT molecular complexity index is 1680. The van der Waals surface area contributed by atoms with Crippen molar-refractivity contribution >= 4 is 70.9 Å². The molecule has 3 aromatic heterocycles. The Kier molecular flexibility index (Phi) is 5.15. The zero-order valence-corrected chi connectivity index (χ0v) is 19.9. The quantitative estimate of drug-likeness (QED) is 0.268. The Morgan fingerprint density at radius 1 is 0.879 bits per heavy atom. The van der Waals surface area contributed by atoms with Gasteiger partial charge in [-0.15, -0.1) is 11.3 Å². The molecule has 0 atom stereocenters. The second-order valence-corrected chi connectivity index (χ2v) is 9.49. The van der Waals surface area contributed by atoms with E-state index in [0.717, 1.165) is 14.7 Å². The normalized spacial score (nSPS) is 10.9. The molecule has 0 spiro atoms. The molecule has 0 unspecified atom stereocenters. The van der Waals surface area contributed by atoms with Gasteiger partial charge < -0.3 is 11.5 Å². The lowest BCUT2D eigenvalue weighted by Gasteiger charge is -2.11. The Labute approximate surface area is 205 Å². The van der Waals surface area contributed by atoms with E-state index in [4.69, 9.17) is 23.1 Å². The van der Waals surface area contributed by atoms with Crippen LogP contribution < -0.4 is 11.5 Å². The number of rotatable bonds is 2. The van der Waals surface area contributed by atoms with Crippen molar-refractivity contribution in [3.8, 4) is 34.4 Å². The number of anilines is 2. The minimum atomic E-state index is 0.100. The number of nitrogen functional groups attached to an aromatic ring is 2. The van der Waals surface area contributed by atoms with Crippen molar-refractivity contribution in [2.24, 2.45) is 0 Å². The first kappa shape index (κ1) is 21.2. The number of aromatic nitrogens is 2. The standard InChI is InChI=1S/C24H12BrClN6S/c25-12-7-5-11(6-8-12)17-14(9-27)22(29)31-20-19-18(13-3-1-2-4-16(13)26)15(10-28)23(30)32-24(19)33-21(17)20/h1-8H,(H2,29,31)(H2,30,32). The van der Waals surface area contributed by atoms with Crippen LogP contribution in [0.2, 0.25) is 5.02 Å². The summed E-state index contributed by atoms with van der Waals surface area (Å²) in [5.74, 6) is 0.202. The Morgan fingerprint density at radius 2 is 1.52 bits per heavy atom. The van der Waals surface area contributed by atoms with Crippen LogP contribution in [0.15, 0.2) is 53.0 Å². The van der Waals surface area contributed by atoms with Crippen molar-refractivity contribution in [1.29, 1.82) is 10.5 Å². The first-order valence-corrected chi connectivity index (χ1v) is 11.6. The number of benzene rings is 2. The second kappa shape index (κ2) is 8.02. The summed E-state index contributed by atoms with van der Waals surface area (Å²) in [4.78, 5) is 9.66. The van der Waals surface area contributed by atoms with Crippen molar-refractivity contribution in [3.63, 3.8) is 0 Å². The van der Waals surface area contributed by atoms with Gasteiger partial charge in [0.25, 0.3) is 0 Å². The Balaban J connectivity index is 2.02. The molecule has 9 heteroatoms. The maximum atomic E-state index is 9.91. The fourth-order valence-corrected chi connectivity index (χ4v) is 5.58. The molecule has 3 heterocycles. The van der Waals surface area contributed by atoms with Gasteiger partial charge >= 0.3 is 0 Å². The monoisotopic (exact) mass is 530 g/mol. The van der Waals surface area contributed by atoms with E-state index in [-0.39, 0.29) is 22.8 Å². The van der Waals surface area contributed by atoms with Crippen LogP contribution in [0.5, 0.6) is 0 Å². The smallest absolute Gasteiger partial charge is 0.143 e. The van der Waals surface area contributed by atoms with Crippen LogP contribution in [-0.2, 0) is 0 Å². The van der Waals surface area contributed by atoms with Gasteiger partial charge in [-0.2, -0.15) is 10.5 Å². The van der Waals surface area contributed by atoms with Gasteiger partial charge in [-0.05, 0) is 23.8 Å². The van der Waals surface area contributed by atoms with Gasteiger partial charge in [-0.1, -0.05) is 57.9 Å². The van der Waals surface area contributed by atoms with Gasteiger partial charge in [0.05, 0.1) is 10.2 Å². The molecule has 0 saturated heterocycles. The van der Waals surface area contributed by atoms with Crippen LogP contribution in [0.1, 0.15) is 11.1 Å². The topological polar surface area (TPSA) is 125 Å². The third-order valence-corrected chi connectivity index (χ3v) is 7.26. The van der Waals surface area contributed by atoms with E-state index in [1.165, 1.54) is 11.3 Å². The van der Waals surface area contributed by atoms with Gasteiger partial charge in [0.1, 0.15) is 39.7 Å². The maximum absolute atomic E-state index is 9.91. The van der Waals surface area contributed by atoms with Crippen molar-refractivity contribution in [2.75, 3.05) is 11.5 Å². The molecule has 0 aliphatic heterocycles. The third-order valence-electron chi connectivity index (χ3n) is 5.31. The van der Waals surface area contributed by atoms with Crippen molar-refractivity contribution in [1.82, 2.24) is 9.97 Å². The zero-order valence-electron chi connectivity index (χ0n) is 16.7. The average molecular weight is 532 g/mol. The van der Waals surface area contributed by atoms with Crippen LogP contribution >= 0.6 is 38.9 Å². The molecule has 0 radical (unpaired) electrons.